The Morgan fingerprint density at radius 3 is 2.64 bits per heavy atom. The van der Waals surface area contributed by atoms with Crippen LogP contribution in [0, 0.1) is 17.8 Å². The van der Waals surface area contributed by atoms with Crippen LogP contribution in [0.3, 0.4) is 0 Å². The molecule has 0 saturated carbocycles. The molecule has 1 aromatic carbocycles. The number of piperidine rings is 1. The molecule has 1 heterocycles. The summed E-state index contributed by atoms with van der Waals surface area (Å²) in [5, 5.41) is 11.9. The predicted octanol–water partition coefficient (Wildman–Crippen LogP) is 1.81. The SMILES string of the molecule is CC#CCOc1ccc(C(=O)N[C@@H]2CN(C(C)C)CC[C@H]2CC(=O)NO)cc1. The van der Waals surface area contributed by atoms with E-state index in [0.717, 1.165) is 13.0 Å². The van der Waals surface area contributed by atoms with Gasteiger partial charge in [-0.3, -0.25) is 19.7 Å². The summed E-state index contributed by atoms with van der Waals surface area (Å²) in [6.45, 7) is 7.82. The van der Waals surface area contributed by atoms with Crippen LogP contribution >= 0.6 is 0 Å². The van der Waals surface area contributed by atoms with Crippen molar-refractivity contribution in [3.05, 3.63) is 29.8 Å². The summed E-state index contributed by atoms with van der Waals surface area (Å²) in [6.07, 6.45) is 0.959. The molecule has 0 aromatic heterocycles. The zero-order chi connectivity index (χ0) is 20.5. The molecule has 1 aliphatic rings. The number of ether oxygens (including phenoxy) is 1. The van der Waals surface area contributed by atoms with E-state index in [1.54, 1.807) is 36.7 Å². The van der Waals surface area contributed by atoms with Crippen molar-refractivity contribution in [1.29, 1.82) is 0 Å². The van der Waals surface area contributed by atoms with Gasteiger partial charge in [0, 0.05) is 30.6 Å². The van der Waals surface area contributed by atoms with E-state index in [-0.39, 0.29) is 24.3 Å². The molecule has 2 rings (SSSR count). The van der Waals surface area contributed by atoms with Crippen molar-refractivity contribution >= 4 is 11.8 Å². The molecule has 28 heavy (non-hydrogen) atoms. The Balaban J connectivity index is 2.03. The van der Waals surface area contributed by atoms with Crippen molar-refractivity contribution in [1.82, 2.24) is 15.7 Å². The van der Waals surface area contributed by atoms with Crippen molar-refractivity contribution in [3.8, 4) is 17.6 Å². The zero-order valence-corrected chi connectivity index (χ0v) is 16.7. The maximum atomic E-state index is 12.7. The maximum Gasteiger partial charge on any atom is 0.251 e. The summed E-state index contributed by atoms with van der Waals surface area (Å²) < 4.78 is 5.46. The first-order valence-corrected chi connectivity index (χ1v) is 9.55. The third kappa shape index (κ3) is 6.25. The van der Waals surface area contributed by atoms with Crippen LogP contribution in [0.25, 0.3) is 0 Å². The molecule has 0 radical (unpaired) electrons. The summed E-state index contributed by atoms with van der Waals surface area (Å²) >= 11 is 0. The number of hydrogen-bond acceptors (Lipinski definition) is 5. The topological polar surface area (TPSA) is 90.9 Å². The molecule has 2 amide bonds. The Bertz CT molecular complexity index is 721. The van der Waals surface area contributed by atoms with Gasteiger partial charge in [0.05, 0.1) is 0 Å². The van der Waals surface area contributed by atoms with Crippen LogP contribution in [0.5, 0.6) is 5.75 Å². The van der Waals surface area contributed by atoms with E-state index in [1.807, 2.05) is 0 Å². The lowest BCUT2D eigenvalue weighted by molar-refractivity contribution is -0.130. The minimum atomic E-state index is -0.432. The molecule has 0 aliphatic carbocycles. The molecule has 1 saturated heterocycles. The van der Waals surface area contributed by atoms with Crippen LogP contribution in [0.2, 0.25) is 0 Å². The molecule has 1 fully saturated rings. The quantitative estimate of drug-likeness (QED) is 0.377. The van der Waals surface area contributed by atoms with Crippen molar-refractivity contribution < 1.29 is 19.5 Å². The summed E-state index contributed by atoms with van der Waals surface area (Å²) in [5.74, 6) is 5.58. The Morgan fingerprint density at radius 1 is 1.32 bits per heavy atom. The molecule has 1 aromatic rings. The molecule has 152 valence electrons. The first kappa shape index (κ1) is 21.7. The predicted molar refractivity (Wildman–Crippen MR) is 106 cm³/mol. The molecule has 7 nitrogen and oxygen atoms in total. The van der Waals surface area contributed by atoms with Crippen molar-refractivity contribution in [2.45, 2.75) is 45.7 Å². The van der Waals surface area contributed by atoms with Gasteiger partial charge in [-0.1, -0.05) is 5.92 Å². The fourth-order valence-electron chi connectivity index (χ4n) is 3.33. The first-order chi connectivity index (χ1) is 13.4. The highest BCUT2D eigenvalue weighted by atomic mass is 16.5. The maximum absolute atomic E-state index is 12.7. The van der Waals surface area contributed by atoms with Crippen molar-refractivity contribution in [2.24, 2.45) is 5.92 Å². The lowest BCUT2D eigenvalue weighted by Crippen LogP contribution is -2.54. The van der Waals surface area contributed by atoms with Gasteiger partial charge in [-0.25, -0.2) is 5.48 Å². The molecule has 2 atom stereocenters. The van der Waals surface area contributed by atoms with Crippen LogP contribution in [-0.4, -0.2) is 53.7 Å². The lowest BCUT2D eigenvalue weighted by atomic mass is 9.87. The molecule has 0 bridgehead atoms. The number of amides is 2. The molecule has 1 aliphatic heterocycles. The molecule has 0 spiro atoms. The van der Waals surface area contributed by atoms with E-state index in [0.29, 0.717) is 30.5 Å². The number of benzene rings is 1. The number of nitrogens with zero attached hydrogens (tertiary/aromatic N) is 1. The van der Waals surface area contributed by atoms with Gasteiger partial charge in [0.15, 0.2) is 0 Å². The second-order valence-corrected chi connectivity index (χ2v) is 7.20. The average Bonchev–Trinajstić information content (AvgIpc) is 2.69. The number of hydrogen-bond donors (Lipinski definition) is 3. The summed E-state index contributed by atoms with van der Waals surface area (Å²) in [7, 11) is 0. The summed E-state index contributed by atoms with van der Waals surface area (Å²) in [5.41, 5.74) is 2.22. The number of hydroxylamine groups is 1. The zero-order valence-electron chi connectivity index (χ0n) is 16.7. The summed E-state index contributed by atoms with van der Waals surface area (Å²) in [6, 6.07) is 7.09. The van der Waals surface area contributed by atoms with Crippen LogP contribution in [0.1, 0.15) is 44.0 Å². The highest BCUT2D eigenvalue weighted by molar-refractivity contribution is 5.94. The molecular weight excluding hydrogens is 358 g/mol. The molecular formula is C21H29N3O4. The van der Waals surface area contributed by atoms with Crippen LogP contribution < -0.4 is 15.5 Å². The van der Waals surface area contributed by atoms with E-state index in [1.165, 1.54) is 0 Å². The van der Waals surface area contributed by atoms with Gasteiger partial charge in [0.1, 0.15) is 12.4 Å². The van der Waals surface area contributed by atoms with E-state index in [9.17, 15) is 9.59 Å². The summed E-state index contributed by atoms with van der Waals surface area (Å²) in [4.78, 5) is 26.6. The standard InChI is InChI=1S/C21H29N3O4/c1-4-5-12-28-18-8-6-16(7-9-18)21(26)22-19-14-24(15(2)3)11-10-17(19)13-20(25)23-27/h6-9,15,17,19,27H,10-14H2,1-3H3,(H,22,26)(H,23,25)/t17-,19+/m0/s1. The smallest absolute Gasteiger partial charge is 0.251 e. The minimum absolute atomic E-state index is 0.0266. The number of rotatable bonds is 7. The van der Waals surface area contributed by atoms with Gasteiger partial charge < -0.3 is 10.1 Å². The third-order valence-corrected chi connectivity index (χ3v) is 5.01. The van der Waals surface area contributed by atoms with E-state index < -0.39 is 5.91 Å². The van der Waals surface area contributed by atoms with Crippen LogP contribution in [0.4, 0.5) is 0 Å². The number of likely N-dealkylation sites (tertiary alicyclic amines) is 1. The third-order valence-electron chi connectivity index (χ3n) is 5.01. The monoisotopic (exact) mass is 387 g/mol. The highest BCUT2D eigenvalue weighted by Gasteiger charge is 2.32. The fourth-order valence-corrected chi connectivity index (χ4v) is 3.33. The van der Waals surface area contributed by atoms with Gasteiger partial charge in [-0.15, -0.1) is 5.92 Å². The molecule has 0 unspecified atom stereocenters. The highest BCUT2D eigenvalue weighted by Crippen LogP contribution is 2.23. The minimum Gasteiger partial charge on any atom is -0.481 e. The van der Waals surface area contributed by atoms with Crippen LogP contribution in [-0.2, 0) is 4.79 Å². The van der Waals surface area contributed by atoms with Crippen molar-refractivity contribution in [3.63, 3.8) is 0 Å². The Kier molecular flexibility index (Phi) is 8.30. The van der Waals surface area contributed by atoms with E-state index >= 15 is 0 Å². The fraction of sp³-hybridized carbons (Fsp3) is 0.524. The molecule has 3 N–H and O–H groups in total. The normalized spacial score (nSPS) is 19.5. The Morgan fingerprint density at radius 2 is 2.04 bits per heavy atom. The number of nitrogens with one attached hydrogen (secondary N) is 2. The number of carbonyl (C=O) groups is 2. The number of carbonyl (C=O) groups excluding carboxylic acids is 2. The average molecular weight is 387 g/mol. The lowest BCUT2D eigenvalue weighted by Gasteiger charge is -2.40. The Hall–Kier alpha value is -2.56. The van der Waals surface area contributed by atoms with Gasteiger partial charge in [0.25, 0.3) is 5.91 Å². The molecule has 7 heteroatoms. The van der Waals surface area contributed by atoms with E-state index in [4.69, 9.17) is 9.94 Å². The van der Waals surface area contributed by atoms with Gasteiger partial charge >= 0.3 is 0 Å². The van der Waals surface area contributed by atoms with Gasteiger partial charge in [-0.05, 0) is 63.9 Å². The first-order valence-electron chi connectivity index (χ1n) is 9.55. The van der Waals surface area contributed by atoms with Crippen molar-refractivity contribution in [2.75, 3.05) is 19.7 Å². The van der Waals surface area contributed by atoms with Crippen LogP contribution in [0.15, 0.2) is 24.3 Å². The second kappa shape index (κ2) is 10.7. The largest absolute Gasteiger partial charge is 0.481 e. The van der Waals surface area contributed by atoms with Gasteiger partial charge in [-0.2, -0.15) is 0 Å². The van der Waals surface area contributed by atoms with E-state index in [2.05, 4.69) is 35.9 Å². The second-order valence-electron chi connectivity index (χ2n) is 7.20. The Labute approximate surface area is 166 Å². The van der Waals surface area contributed by atoms with Gasteiger partial charge in [0.2, 0.25) is 5.91 Å².